The molecule has 6 heteroatoms. The number of benzene rings is 1. The highest BCUT2D eigenvalue weighted by Crippen LogP contribution is 2.25. The lowest BCUT2D eigenvalue weighted by molar-refractivity contribution is -0.142. The third-order valence-corrected chi connectivity index (χ3v) is 2.89. The molecule has 0 fully saturated rings. The Morgan fingerprint density at radius 2 is 2.11 bits per heavy atom. The number of anilines is 1. The summed E-state index contributed by atoms with van der Waals surface area (Å²) >= 11 is 0. The fourth-order valence-corrected chi connectivity index (χ4v) is 1.90. The summed E-state index contributed by atoms with van der Waals surface area (Å²) in [6, 6.07) is 3.92. The predicted molar refractivity (Wildman–Crippen MR) is 69.5 cm³/mol. The van der Waals surface area contributed by atoms with E-state index in [9.17, 15) is 19.1 Å². The van der Waals surface area contributed by atoms with Crippen LogP contribution < -0.4 is 11.1 Å². The van der Waals surface area contributed by atoms with Crippen LogP contribution in [0.1, 0.15) is 37.0 Å². The minimum absolute atomic E-state index is 0.0888. The lowest BCUT2D eigenvalue weighted by Gasteiger charge is -2.28. The van der Waals surface area contributed by atoms with E-state index in [2.05, 4.69) is 5.32 Å². The van der Waals surface area contributed by atoms with E-state index in [4.69, 9.17) is 5.73 Å². The van der Waals surface area contributed by atoms with E-state index >= 15 is 0 Å². The molecule has 1 unspecified atom stereocenters. The number of carboxylic acids is 1. The van der Waals surface area contributed by atoms with Crippen LogP contribution in [0.5, 0.6) is 0 Å². The number of carboxylic acid groups (broad SMARTS) is 1. The van der Waals surface area contributed by atoms with Crippen molar-refractivity contribution >= 4 is 17.6 Å². The van der Waals surface area contributed by atoms with E-state index in [0.717, 1.165) is 6.07 Å². The third-order valence-electron chi connectivity index (χ3n) is 2.89. The van der Waals surface area contributed by atoms with E-state index in [-0.39, 0.29) is 11.3 Å². The minimum Gasteiger partial charge on any atom is -0.480 e. The number of aliphatic carboxylic acids is 1. The van der Waals surface area contributed by atoms with Gasteiger partial charge in [-0.2, -0.15) is 0 Å². The van der Waals surface area contributed by atoms with Crippen molar-refractivity contribution in [1.82, 2.24) is 0 Å². The molecule has 1 atom stereocenters. The van der Waals surface area contributed by atoms with Gasteiger partial charge in [-0.15, -0.1) is 0 Å². The molecule has 0 saturated carbocycles. The zero-order valence-corrected chi connectivity index (χ0v) is 10.9. The summed E-state index contributed by atoms with van der Waals surface area (Å²) in [5.41, 5.74) is 3.59. The Balaban J connectivity index is 3.21. The highest BCUT2D eigenvalue weighted by Gasteiger charge is 2.33. The zero-order chi connectivity index (χ0) is 14.6. The average Bonchev–Trinajstić information content (AvgIpc) is 2.28. The lowest BCUT2D eigenvalue weighted by atomic mass is 9.95. The smallest absolute Gasteiger partial charge is 0.329 e. The Morgan fingerprint density at radius 1 is 1.47 bits per heavy atom. The number of halogens is 1. The summed E-state index contributed by atoms with van der Waals surface area (Å²) in [6.07, 6.45) is 0.952. The summed E-state index contributed by atoms with van der Waals surface area (Å²) < 4.78 is 13.6. The van der Waals surface area contributed by atoms with E-state index in [1.807, 2.05) is 6.92 Å². The summed E-state index contributed by atoms with van der Waals surface area (Å²) in [5, 5.41) is 12.0. The summed E-state index contributed by atoms with van der Waals surface area (Å²) in [4.78, 5) is 22.6. The topological polar surface area (TPSA) is 92.4 Å². The van der Waals surface area contributed by atoms with Gasteiger partial charge in [0, 0.05) is 0 Å². The number of primary amides is 1. The van der Waals surface area contributed by atoms with Crippen LogP contribution >= 0.6 is 0 Å². The van der Waals surface area contributed by atoms with Gasteiger partial charge >= 0.3 is 5.97 Å². The second kappa shape index (κ2) is 5.69. The number of rotatable bonds is 6. The van der Waals surface area contributed by atoms with E-state index in [0.29, 0.717) is 12.8 Å². The molecule has 104 valence electrons. The van der Waals surface area contributed by atoms with Crippen LogP contribution in [0, 0.1) is 5.82 Å². The van der Waals surface area contributed by atoms with Crippen molar-refractivity contribution in [1.29, 1.82) is 0 Å². The van der Waals surface area contributed by atoms with E-state index < -0.39 is 23.2 Å². The Labute approximate surface area is 110 Å². The number of carbonyl (C=O) groups excluding carboxylic acids is 1. The molecule has 0 aromatic heterocycles. The van der Waals surface area contributed by atoms with Crippen LogP contribution in [0.15, 0.2) is 18.2 Å². The number of amides is 1. The van der Waals surface area contributed by atoms with Gasteiger partial charge in [0.15, 0.2) is 0 Å². The highest BCUT2D eigenvalue weighted by atomic mass is 19.1. The molecule has 5 nitrogen and oxygen atoms in total. The molecule has 0 aliphatic rings. The van der Waals surface area contributed by atoms with Crippen molar-refractivity contribution in [3.63, 3.8) is 0 Å². The van der Waals surface area contributed by atoms with Gasteiger partial charge in [0.05, 0.1) is 11.3 Å². The molecule has 1 rings (SSSR count). The molecule has 0 saturated heterocycles. The van der Waals surface area contributed by atoms with E-state index in [1.54, 1.807) is 0 Å². The van der Waals surface area contributed by atoms with Crippen LogP contribution in [0.4, 0.5) is 10.1 Å². The second-order valence-electron chi connectivity index (χ2n) is 4.54. The molecule has 0 heterocycles. The van der Waals surface area contributed by atoms with Crippen LogP contribution in [0.3, 0.4) is 0 Å². The number of hydrogen-bond acceptors (Lipinski definition) is 3. The molecule has 0 spiro atoms. The van der Waals surface area contributed by atoms with Crippen molar-refractivity contribution in [3.05, 3.63) is 29.6 Å². The van der Waals surface area contributed by atoms with Gasteiger partial charge in [-0.25, -0.2) is 9.18 Å². The fourth-order valence-electron chi connectivity index (χ4n) is 1.90. The van der Waals surface area contributed by atoms with Gasteiger partial charge in [0.2, 0.25) is 0 Å². The quantitative estimate of drug-likeness (QED) is 0.735. The van der Waals surface area contributed by atoms with Crippen molar-refractivity contribution < 1.29 is 19.1 Å². The van der Waals surface area contributed by atoms with Crippen molar-refractivity contribution in [2.45, 2.75) is 32.2 Å². The molecular weight excluding hydrogens is 251 g/mol. The molecule has 0 radical (unpaired) electrons. The molecule has 0 aliphatic carbocycles. The van der Waals surface area contributed by atoms with Crippen molar-refractivity contribution in [2.75, 3.05) is 5.32 Å². The molecule has 0 aliphatic heterocycles. The molecule has 1 amide bonds. The van der Waals surface area contributed by atoms with Gasteiger partial charge < -0.3 is 16.2 Å². The van der Waals surface area contributed by atoms with Gasteiger partial charge in [-0.05, 0) is 25.5 Å². The van der Waals surface area contributed by atoms with Crippen molar-refractivity contribution in [3.8, 4) is 0 Å². The Hall–Kier alpha value is -2.11. The Bertz CT molecular complexity index is 505. The Morgan fingerprint density at radius 3 is 2.58 bits per heavy atom. The zero-order valence-electron chi connectivity index (χ0n) is 10.9. The van der Waals surface area contributed by atoms with Gasteiger partial charge in [-0.3, -0.25) is 4.79 Å². The molecule has 4 N–H and O–H groups in total. The van der Waals surface area contributed by atoms with Crippen LogP contribution in [0.2, 0.25) is 0 Å². The molecule has 0 bridgehead atoms. The summed E-state index contributed by atoms with van der Waals surface area (Å²) in [6.45, 7) is 3.32. The SMILES string of the molecule is CCCC(C)(Nc1cccc(F)c1C(N)=O)C(=O)O. The first-order valence-corrected chi connectivity index (χ1v) is 5.91. The third kappa shape index (κ3) is 3.21. The molecule has 19 heavy (non-hydrogen) atoms. The van der Waals surface area contributed by atoms with Crippen molar-refractivity contribution in [2.24, 2.45) is 5.73 Å². The summed E-state index contributed by atoms with van der Waals surface area (Å²) in [7, 11) is 0. The maximum atomic E-state index is 13.6. The maximum absolute atomic E-state index is 13.6. The second-order valence-corrected chi connectivity index (χ2v) is 4.54. The number of hydrogen-bond donors (Lipinski definition) is 3. The monoisotopic (exact) mass is 268 g/mol. The minimum atomic E-state index is -1.28. The average molecular weight is 268 g/mol. The van der Waals surface area contributed by atoms with Gasteiger partial charge in [0.1, 0.15) is 11.4 Å². The molecular formula is C13H17FN2O3. The fraction of sp³-hybridized carbons (Fsp3) is 0.385. The standard InChI is InChI=1S/C13H17FN2O3/c1-3-7-13(2,12(18)19)16-9-6-4-5-8(14)10(9)11(15)17/h4-6,16H,3,7H2,1-2H3,(H2,15,17)(H,18,19). The molecule has 1 aromatic rings. The highest BCUT2D eigenvalue weighted by molar-refractivity contribution is 5.99. The number of nitrogens with one attached hydrogen (secondary N) is 1. The molecule has 1 aromatic carbocycles. The normalized spacial score (nSPS) is 13.6. The van der Waals surface area contributed by atoms with Gasteiger partial charge in [0.25, 0.3) is 5.91 Å². The first-order valence-electron chi connectivity index (χ1n) is 5.91. The summed E-state index contributed by atoms with van der Waals surface area (Å²) in [5.74, 6) is -2.79. The maximum Gasteiger partial charge on any atom is 0.329 e. The van der Waals surface area contributed by atoms with Crippen LogP contribution in [-0.4, -0.2) is 22.5 Å². The first-order chi connectivity index (χ1) is 8.81. The van der Waals surface area contributed by atoms with E-state index in [1.165, 1.54) is 19.1 Å². The van der Waals surface area contributed by atoms with Gasteiger partial charge in [-0.1, -0.05) is 19.4 Å². The first kappa shape index (κ1) is 14.9. The number of nitrogens with two attached hydrogens (primary N) is 1. The lowest BCUT2D eigenvalue weighted by Crippen LogP contribution is -2.43. The van der Waals surface area contributed by atoms with Crippen LogP contribution in [-0.2, 0) is 4.79 Å². The van der Waals surface area contributed by atoms with Crippen LogP contribution in [0.25, 0.3) is 0 Å². The largest absolute Gasteiger partial charge is 0.480 e. The predicted octanol–water partition coefficient (Wildman–Crippen LogP) is 1.98. The Kier molecular flexibility index (Phi) is 4.47. The number of carbonyl (C=O) groups is 2.